The van der Waals surface area contributed by atoms with Crippen molar-refractivity contribution in [3.63, 3.8) is 0 Å². The van der Waals surface area contributed by atoms with E-state index < -0.39 is 21.4 Å². The smallest absolute Gasteiger partial charge is 0.375 e. The number of halogens is 3. The molecule has 0 amide bonds. The summed E-state index contributed by atoms with van der Waals surface area (Å²) >= 11 is 0. The van der Waals surface area contributed by atoms with Crippen LogP contribution in [0.1, 0.15) is 27.8 Å². The van der Waals surface area contributed by atoms with Gasteiger partial charge in [0.25, 0.3) is 0 Å². The first-order valence-corrected chi connectivity index (χ1v) is 20.4. The van der Waals surface area contributed by atoms with Crippen molar-refractivity contribution in [3.8, 4) is 50.6 Å². The summed E-state index contributed by atoms with van der Waals surface area (Å²) in [5.74, 6) is -0.455. The fourth-order valence-corrected chi connectivity index (χ4v) is 7.47. The quantitative estimate of drug-likeness (QED) is 0.0851. The van der Waals surface area contributed by atoms with Crippen molar-refractivity contribution >= 4 is 10.1 Å². The van der Waals surface area contributed by atoms with Gasteiger partial charge in [0.15, 0.2) is 5.75 Å². The van der Waals surface area contributed by atoms with Crippen LogP contribution in [0.15, 0.2) is 164 Å². The van der Waals surface area contributed by atoms with Crippen LogP contribution in [0.2, 0.25) is 0 Å². The molecule has 8 rings (SSSR count). The van der Waals surface area contributed by atoms with E-state index in [-0.39, 0.29) is 5.56 Å². The topological polar surface area (TPSA) is 91.9 Å². The summed E-state index contributed by atoms with van der Waals surface area (Å²) in [5, 5.41) is 8.64. The van der Waals surface area contributed by atoms with Gasteiger partial charge in [0, 0.05) is 42.1 Å². The molecule has 0 saturated heterocycles. The van der Waals surface area contributed by atoms with Crippen molar-refractivity contribution in [1.82, 2.24) is 24.5 Å². The molecular weight excluding hydrogens is 772 g/mol. The number of hydrogen-bond donors (Lipinski definition) is 0. The first-order valence-electron chi connectivity index (χ1n) is 19.0. The third kappa shape index (κ3) is 9.03. The number of benzene rings is 5. The van der Waals surface area contributed by atoms with Gasteiger partial charge >= 0.3 is 15.6 Å². The fourth-order valence-electron chi connectivity index (χ4n) is 7.00. The van der Waals surface area contributed by atoms with E-state index in [0.717, 1.165) is 70.4 Å². The molecule has 3 heterocycles. The van der Waals surface area contributed by atoms with Gasteiger partial charge in [-0.05, 0) is 132 Å². The van der Waals surface area contributed by atoms with Gasteiger partial charge in [-0.3, -0.25) is 4.98 Å². The average Bonchev–Trinajstić information content (AvgIpc) is 3.99. The Labute approximate surface area is 340 Å². The summed E-state index contributed by atoms with van der Waals surface area (Å²) in [6, 6.07) is 42.1. The molecule has 59 heavy (non-hydrogen) atoms. The van der Waals surface area contributed by atoms with Gasteiger partial charge in [-0.15, -0.1) is 0 Å². The maximum atomic E-state index is 13.8. The second-order valence-corrected chi connectivity index (χ2v) is 15.8. The highest BCUT2D eigenvalue weighted by Crippen LogP contribution is 2.42. The van der Waals surface area contributed by atoms with Crippen molar-refractivity contribution in [2.24, 2.45) is 0 Å². The number of alkyl halides is 3. The molecule has 0 aliphatic heterocycles. The Morgan fingerprint density at radius 1 is 0.576 bits per heavy atom. The molecule has 0 aliphatic rings. The van der Waals surface area contributed by atoms with Crippen LogP contribution in [-0.2, 0) is 35.8 Å². The lowest BCUT2D eigenvalue weighted by Crippen LogP contribution is -2.28. The largest absolute Gasteiger partial charge is 0.534 e. The summed E-state index contributed by atoms with van der Waals surface area (Å²) < 4.78 is 74.9. The SMILES string of the molecule is Cc1ccc(-c2ccc(-c3ccccc3-c3cc(CCc4ccc(-n5cccn5)cc4)cc(CCc4ccc(-n5cccn5)cc4)c3)c(OS(=O)(=O)C(F)(F)F)c2)nc1. The summed E-state index contributed by atoms with van der Waals surface area (Å²) in [5.41, 5.74) is 4.74. The van der Waals surface area contributed by atoms with Gasteiger partial charge in [-0.25, -0.2) is 9.36 Å². The number of nitrogens with zero attached hydrogens (tertiary/aromatic N) is 5. The van der Waals surface area contributed by atoms with Gasteiger partial charge in [-0.2, -0.15) is 31.8 Å². The molecule has 0 aliphatic carbocycles. The Kier molecular flexibility index (Phi) is 11.0. The molecule has 8 nitrogen and oxygen atoms in total. The zero-order valence-corrected chi connectivity index (χ0v) is 32.7. The van der Waals surface area contributed by atoms with Crippen molar-refractivity contribution in [2.45, 2.75) is 38.1 Å². The van der Waals surface area contributed by atoms with Gasteiger partial charge in [0.05, 0.1) is 17.1 Å². The second-order valence-electron chi connectivity index (χ2n) is 14.2. The number of hydrogen-bond acceptors (Lipinski definition) is 6. The number of aromatic nitrogens is 5. The predicted molar refractivity (Wildman–Crippen MR) is 223 cm³/mol. The van der Waals surface area contributed by atoms with E-state index in [4.69, 9.17) is 4.18 Å². The molecule has 296 valence electrons. The Morgan fingerprint density at radius 3 is 1.64 bits per heavy atom. The number of pyridine rings is 1. The van der Waals surface area contributed by atoms with E-state index in [1.54, 1.807) is 48.9 Å². The molecule has 3 aromatic heterocycles. The third-order valence-electron chi connectivity index (χ3n) is 10.1. The molecule has 12 heteroatoms. The van der Waals surface area contributed by atoms with Crippen LogP contribution in [0.3, 0.4) is 0 Å². The molecule has 0 N–H and O–H groups in total. The average molecular weight is 810 g/mol. The molecule has 0 atom stereocenters. The number of rotatable bonds is 13. The highest BCUT2D eigenvalue weighted by molar-refractivity contribution is 7.88. The Hall–Kier alpha value is -6.79. The summed E-state index contributed by atoms with van der Waals surface area (Å²) in [6.45, 7) is 1.86. The highest BCUT2D eigenvalue weighted by Gasteiger charge is 2.49. The minimum absolute atomic E-state index is 0.186. The summed E-state index contributed by atoms with van der Waals surface area (Å²) in [4.78, 5) is 4.40. The minimum Gasteiger partial charge on any atom is -0.375 e. The number of aryl methyl sites for hydroxylation is 5. The predicted octanol–water partition coefficient (Wildman–Crippen LogP) is 10.6. The zero-order chi connectivity index (χ0) is 41.0. The minimum atomic E-state index is -6.01. The molecule has 0 bridgehead atoms. The standard InChI is InChI=1S/C47H38F3N5O3S/c1-33-8-23-45(51-32-33)38-17-22-44(46(31-38)58-59(56,57)47(48,49)50)43-7-3-2-6-42(43)39-29-36(11-9-34-13-18-40(19-14-34)54-26-4-24-52-54)28-37(30-39)12-10-35-15-20-41(21-16-35)55-27-5-25-53-55/h2-8,13-32H,9-12H2,1H3. The van der Waals surface area contributed by atoms with E-state index in [0.29, 0.717) is 22.4 Å². The lowest BCUT2D eigenvalue weighted by atomic mass is 9.89. The van der Waals surface area contributed by atoms with Crippen LogP contribution >= 0.6 is 0 Å². The van der Waals surface area contributed by atoms with Crippen LogP contribution < -0.4 is 4.18 Å². The van der Waals surface area contributed by atoms with Crippen LogP contribution in [0.5, 0.6) is 5.75 Å². The van der Waals surface area contributed by atoms with E-state index in [9.17, 15) is 21.6 Å². The van der Waals surface area contributed by atoms with Crippen molar-refractivity contribution in [3.05, 3.63) is 192 Å². The van der Waals surface area contributed by atoms with Gasteiger partial charge in [0.2, 0.25) is 0 Å². The second kappa shape index (κ2) is 16.6. The van der Waals surface area contributed by atoms with Crippen molar-refractivity contribution in [1.29, 1.82) is 0 Å². The normalized spacial score (nSPS) is 11.8. The van der Waals surface area contributed by atoms with Crippen LogP contribution in [-0.4, -0.2) is 38.5 Å². The van der Waals surface area contributed by atoms with E-state index in [1.165, 1.54) is 6.07 Å². The molecule has 0 unspecified atom stereocenters. The summed E-state index contributed by atoms with van der Waals surface area (Å²) in [7, 11) is -6.01. The maximum Gasteiger partial charge on any atom is 0.534 e. The maximum absolute atomic E-state index is 13.8. The fraction of sp³-hybridized carbons (Fsp3) is 0.128. The monoisotopic (exact) mass is 809 g/mol. The molecule has 0 spiro atoms. The molecule has 0 fully saturated rings. The molecule has 0 radical (unpaired) electrons. The highest BCUT2D eigenvalue weighted by atomic mass is 32.2. The van der Waals surface area contributed by atoms with Crippen LogP contribution in [0.25, 0.3) is 44.9 Å². The van der Waals surface area contributed by atoms with Crippen LogP contribution in [0.4, 0.5) is 13.2 Å². The molecular formula is C47H38F3N5O3S. The van der Waals surface area contributed by atoms with E-state index in [2.05, 4.69) is 57.6 Å². The van der Waals surface area contributed by atoms with Gasteiger partial charge in [0.1, 0.15) is 0 Å². The van der Waals surface area contributed by atoms with Gasteiger partial charge < -0.3 is 4.18 Å². The van der Waals surface area contributed by atoms with Crippen molar-refractivity contribution in [2.75, 3.05) is 0 Å². The Morgan fingerprint density at radius 2 is 1.14 bits per heavy atom. The molecule has 5 aromatic carbocycles. The van der Waals surface area contributed by atoms with E-state index >= 15 is 0 Å². The van der Waals surface area contributed by atoms with E-state index in [1.807, 2.05) is 83.3 Å². The lowest BCUT2D eigenvalue weighted by Gasteiger charge is -2.18. The van der Waals surface area contributed by atoms with Gasteiger partial charge in [-0.1, -0.05) is 78.9 Å². The third-order valence-corrected chi connectivity index (χ3v) is 11.0. The first kappa shape index (κ1) is 39.1. The molecule has 8 aromatic rings. The Bertz CT molecular complexity index is 2690. The van der Waals surface area contributed by atoms with Crippen molar-refractivity contribution < 1.29 is 25.8 Å². The zero-order valence-electron chi connectivity index (χ0n) is 31.9. The first-order chi connectivity index (χ1) is 28.5. The lowest BCUT2D eigenvalue weighted by molar-refractivity contribution is -0.0499. The summed E-state index contributed by atoms with van der Waals surface area (Å²) in [6.07, 6.45) is 11.9. The molecule has 0 saturated carbocycles. The Balaban J connectivity index is 1.16. The van der Waals surface area contributed by atoms with Crippen LogP contribution in [0, 0.1) is 6.92 Å².